The number of carbonyl (C=O) groups is 3. The number of rotatable bonds is 15. The average molecular weight is 697 g/mol. The lowest BCUT2D eigenvalue weighted by atomic mass is 9.77. The first kappa shape index (κ1) is 36.1. The van der Waals surface area contributed by atoms with E-state index < -0.39 is 5.41 Å². The van der Waals surface area contributed by atoms with E-state index in [0.29, 0.717) is 80.7 Å². The summed E-state index contributed by atoms with van der Waals surface area (Å²) in [6.07, 6.45) is 3.14. The molecule has 0 bridgehead atoms. The van der Waals surface area contributed by atoms with Gasteiger partial charge in [-0.25, -0.2) is 4.98 Å². The van der Waals surface area contributed by atoms with Crippen molar-refractivity contribution in [3.05, 3.63) is 83.7 Å². The molecule has 2 aliphatic heterocycles. The molecule has 4 aromatic rings. The maximum Gasteiger partial charge on any atom is 0.260 e. The first-order valence-corrected chi connectivity index (χ1v) is 17.8. The fraction of sp³-hybridized carbons (Fsp3) is 0.450. The number of piperidine rings is 1. The summed E-state index contributed by atoms with van der Waals surface area (Å²) in [5.74, 6) is 0.996. The summed E-state index contributed by atoms with van der Waals surface area (Å²) in [5.41, 5.74) is 2.38. The first-order valence-electron chi connectivity index (χ1n) is 17.8. The number of imidazole rings is 1. The molecule has 2 saturated heterocycles. The molecule has 3 heterocycles. The molecular formula is C40H48N4O7. The third-order valence-electron chi connectivity index (χ3n) is 10.5. The van der Waals surface area contributed by atoms with Crippen LogP contribution in [0.2, 0.25) is 0 Å². The number of fused-ring (bicyclic) bond motifs is 1. The monoisotopic (exact) mass is 696 g/mol. The van der Waals surface area contributed by atoms with E-state index in [1.54, 1.807) is 12.1 Å². The van der Waals surface area contributed by atoms with Gasteiger partial charge < -0.3 is 28.4 Å². The molecule has 51 heavy (non-hydrogen) atoms. The molecule has 1 unspecified atom stereocenters. The van der Waals surface area contributed by atoms with Crippen LogP contribution in [-0.4, -0.2) is 97.7 Å². The van der Waals surface area contributed by atoms with E-state index in [2.05, 4.69) is 4.90 Å². The molecular weight excluding hydrogens is 648 g/mol. The minimum Gasteiger partial charge on any atom is -0.493 e. The number of aromatic nitrogens is 2. The molecule has 2 amide bonds. The van der Waals surface area contributed by atoms with Gasteiger partial charge in [0.1, 0.15) is 0 Å². The normalized spacial score (nSPS) is 18.4. The van der Waals surface area contributed by atoms with Crippen molar-refractivity contribution in [3.8, 4) is 17.2 Å². The predicted octanol–water partition coefficient (Wildman–Crippen LogP) is 5.69. The molecule has 2 aliphatic rings. The number of para-hydroxylation sites is 2. The van der Waals surface area contributed by atoms with Crippen molar-refractivity contribution in [3.63, 3.8) is 0 Å². The number of ketones is 1. The molecule has 11 nitrogen and oxygen atoms in total. The summed E-state index contributed by atoms with van der Waals surface area (Å²) in [4.78, 5) is 50.7. The highest BCUT2D eigenvalue weighted by Gasteiger charge is 2.49. The van der Waals surface area contributed by atoms with E-state index in [1.807, 2.05) is 66.1 Å². The summed E-state index contributed by atoms with van der Waals surface area (Å²) in [5, 5.41) is 0. The Morgan fingerprint density at radius 2 is 1.57 bits per heavy atom. The molecule has 0 aliphatic carbocycles. The Balaban J connectivity index is 1.15. The second-order valence-corrected chi connectivity index (χ2v) is 13.4. The van der Waals surface area contributed by atoms with Crippen LogP contribution in [-0.2, 0) is 22.5 Å². The standard InChI is InChI=1S/C40H48N4O7/c1-5-51-24-23-43-32-14-10-9-13-31(32)41-37(43)35(45)29-15-19-42(20-16-29)21-17-40(27-28-11-7-6-8-12-28)18-22-44(39(40)47)38(46)30-25-33(48-2)36(50-4)34(26-30)49-3/h6-14,25-26,29H,5,15-24,27H2,1-4H3. The average Bonchev–Trinajstić information content (AvgIpc) is 3.70. The molecule has 2 fully saturated rings. The lowest BCUT2D eigenvalue weighted by Crippen LogP contribution is -2.43. The molecule has 3 aromatic carbocycles. The van der Waals surface area contributed by atoms with E-state index in [0.717, 1.165) is 42.5 Å². The van der Waals surface area contributed by atoms with Gasteiger partial charge in [0.15, 0.2) is 17.3 Å². The quantitative estimate of drug-likeness (QED) is 0.0880. The zero-order chi connectivity index (χ0) is 36.0. The molecule has 0 N–H and O–H groups in total. The second-order valence-electron chi connectivity index (χ2n) is 13.4. The van der Waals surface area contributed by atoms with Crippen LogP contribution in [0.4, 0.5) is 0 Å². The lowest BCUT2D eigenvalue weighted by Gasteiger charge is -2.34. The van der Waals surface area contributed by atoms with Crippen molar-refractivity contribution in [1.82, 2.24) is 19.4 Å². The first-order chi connectivity index (χ1) is 24.8. The number of carbonyl (C=O) groups excluding carboxylic acids is 3. The number of hydrogen-bond donors (Lipinski definition) is 0. The highest BCUT2D eigenvalue weighted by atomic mass is 16.5. The molecule has 0 spiro atoms. The van der Waals surface area contributed by atoms with Crippen molar-refractivity contribution >= 4 is 28.6 Å². The van der Waals surface area contributed by atoms with Crippen molar-refractivity contribution in [1.29, 1.82) is 0 Å². The van der Waals surface area contributed by atoms with Crippen LogP contribution < -0.4 is 14.2 Å². The number of hydrogen-bond acceptors (Lipinski definition) is 9. The highest BCUT2D eigenvalue weighted by Crippen LogP contribution is 2.42. The van der Waals surface area contributed by atoms with Gasteiger partial charge >= 0.3 is 0 Å². The molecule has 6 rings (SSSR count). The number of imide groups is 1. The minimum absolute atomic E-state index is 0.0785. The van der Waals surface area contributed by atoms with E-state index in [-0.39, 0.29) is 23.5 Å². The fourth-order valence-electron chi connectivity index (χ4n) is 7.61. The molecule has 270 valence electrons. The van der Waals surface area contributed by atoms with Crippen LogP contribution >= 0.6 is 0 Å². The van der Waals surface area contributed by atoms with Gasteiger partial charge in [-0.05, 0) is 88.5 Å². The third kappa shape index (κ3) is 7.50. The van der Waals surface area contributed by atoms with Crippen molar-refractivity contribution < 1.29 is 33.3 Å². The van der Waals surface area contributed by atoms with Gasteiger partial charge in [-0.3, -0.25) is 19.3 Å². The van der Waals surface area contributed by atoms with Crippen molar-refractivity contribution in [2.24, 2.45) is 11.3 Å². The minimum atomic E-state index is -0.740. The topological polar surface area (TPSA) is 112 Å². The SMILES string of the molecule is CCOCCn1c(C(=O)C2CCN(CCC3(Cc4ccccc4)CCN(C(=O)c4cc(OC)c(OC)c(OC)c4)C3=O)CC2)nc2ccccc21. The number of methoxy groups -OCH3 is 3. The molecule has 11 heteroatoms. The summed E-state index contributed by atoms with van der Waals surface area (Å²) >= 11 is 0. The molecule has 1 aromatic heterocycles. The summed E-state index contributed by atoms with van der Waals surface area (Å²) in [6, 6.07) is 21.0. The van der Waals surface area contributed by atoms with Crippen LogP contribution in [0.25, 0.3) is 11.0 Å². The Bertz CT molecular complexity index is 1830. The molecule has 0 saturated carbocycles. The van der Waals surface area contributed by atoms with E-state index in [9.17, 15) is 14.4 Å². The van der Waals surface area contributed by atoms with Crippen LogP contribution in [0.3, 0.4) is 0 Å². The summed E-state index contributed by atoms with van der Waals surface area (Å²) < 4.78 is 24.0. The maximum atomic E-state index is 14.4. The van der Waals surface area contributed by atoms with E-state index in [1.165, 1.54) is 26.2 Å². The fourth-order valence-corrected chi connectivity index (χ4v) is 7.61. The number of nitrogens with zero attached hydrogens (tertiary/aromatic N) is 4. The largest absolute Gasteiger partial charge is 0.493 e. The Hall–Kier alpha value is -4.74. The Morgan fingerprint density at radius 1 is 0.882 bits per heavy atom. The van der Waals surface area contributed by atoms with E-state index >= 15 is 0 Å². The number of Topliss-reactive ketones (excluding diaryl/α,β-unsaturated/α-hetero) is 1. The number of likely N-dealkylation sites (tertiary alicyclic amines) is 2. The highest BCUT2D eigenvalue weighted by molar-refractivity contribution is 6.08. The number of benzene rings is 3. The van der Waals surface area contributed by atoms with E-state index in [4.69, 9.17) is 23.9 Å². The van der Waals surface area contributed by atoms with Gasteiger partial charge in [-0.2, -0.15) is 0 Å². The molecule has 1 atom stereocenters. The van der Waals surface area contributed by atoms with Crippen LogP contribution in [0.1, 0.15) is 59.1 Å². The lowest BCUT2D eigenvalue weighted by molar-refractivity contribution is -0.134. The van der Waals surface area contributed by atoms with Crippen molar-refractivity contribution in [2.45, 2.75) is 45.6 Å². The van der Waals surface area contributed by atoms with Gasteiger partial charge in [0.2, 0.25) is 17.4 Å². The van der Waals surface area contributed by atoms with Crippen molar-refractivity contribution in [2.75, 3.05) is 60.7 Å². The Labute approximate surface area is 299 Å². The smallest absolute Gasteiger partial charge is 0.260 e. The Morgan fingerprint density at radius 3 is 2.24 bits per heavy atom. The maximum absolute atomic E-state index is 14.4. The number of amides is 2. The van der Waals surface area contributed by atoms with Gasteiger partial charge in [0.25, 0.3) is 5.91 Å². The summed E-state index contributed by atoms with van der Waals surface area (Å²) in [6.45, 7) is 6.19. The van der Waals surface area contributed by atoms with Crippen LogP contribution in [0.15, 0.2) is 66.7 Å². The summed E-state index contributed by atoms with van der Waals surface area (Å²) in [7, 11) is 4.50. The predicted molar refractivity (Wildman–Crippen MR) is 194 cm³/mol. The number of ether oxygens (including phenoxy) is 4. The van der Waals surface area contributed by atoms with Gasteiger partial charge in [-0.1, -0.05) is 42.5 Å². The van der Waals surface area contributed by atoms with Gasteiger partial charge in [0, 0.05) is 31.2 Å². The third-order valence-corrected chi connectivity index (χ3v) is 10.5. The Kier molecular flexibility index (Phi) is 11.4. The van der Waals surface area contributed by atoms with Crippen LogP contribution in [0.5, 0.6) is 17.2 Å². The zero-order valence-electron chi connectivity index (χ0n) is 30.1. The zero-order valence-corrected chi connectivity index (χ0v) is 30.1. The molecule has 0 radical (unpaired) electrons. The van der Waals surface area contributed by atoms with Crippen LogP contribution in [0, 0.1) is 11.3 Å². The second kappa shape index (κ2) is 16.1. The van der Waals surface area contributed by atoms with Gasteiger partial charge in [0.05, 0.1) is 44.4 Å². The van der Waals surface area contributed by atoms with Gasteiger partial charge in [-0.15, -0.1) is 0 Å².